The Morgan fingerprint density at radius 2 is 2.40 bits per heavy atom. The molecule has 3 heteroatoms. The fraction of sp³-hybridized carbons (Fsp3) is 0.286. The summed E-state index contributed by atoms with van der Waals surface area (Å²) in [5.41, 5.74) is 1.03. The van der Waals surface area contributed by atoms with Gasteiger partial charge in [-0.1, -0.05) is 0 Å². The van der Waals surface area contributed by atoms with Crippen molar-refractivity contribution in [3.8, 4) is 0 Å². The molecule has 0 atom stereocenters. The maximum Gasteiger partial charge on any atom is 0.0907 e. The van der Waals surface area contributed by atoms with Crippen LogP contribution in [0.5, 0.6) is 0 Å². The maximum atomic E-state index is 4.18. The smallest absolute Gasteiger partial charge is 0.0907 e. The van der Waals surface area contributed by atoms with E-state index < -0.39 is 0 Å². The van der Waals surface area contributed by atoms with Crippen LogP contribution in [-0.4, -0.2) is 25.3 Å². The van der Waals surface area contributed by atoms with Crippen molar-refractivity contribution in [3.05, 3.63) is 16.8 Å². The predicted octanol–water partition coefficient (Wildman–Crippen LogP) is 1.97. The van der Waals surface area contributed by atoms with Crippen LogP contribution in [0.2, 0.25) is 0 Å². The van der Waals surface area contributed by atoms with Crippen molar-refractivity contribution < 1.29 is 0 Å². The largest absolute Gasteiger partial charge is 0.369 e. The maximum absolute atomic E-state index is 4.18. The average molecular weight is 154 g/mol. The second kappa shape index (κ2) is 3.37. The minimum atomic E-state index is 1.03. The molecule has 54 valence electrons. The molecule has 2 nitrogen and oxygen atoms in total. The SMILES string of the molecule is CN(C)C=Nc1ccsc1. The molecule has 0 aliphatic heterocycles. The van der Waals surface area contributed by atoms with E-state index in [9.17, 15) is 0 Å². The van der Waals surface area contributed by atoms with Crippen molar-refractivity contribution >= 4 is 23.4 Å². The normalized spacial score (nSPS) is 10.6. The third kappa shape index (κ3) is 2.19. The van der Waals surface area contributed by atoms with Gasteiger partial charge in [0.25, 0.3) is 0 Å². The molecule has 1 aromatic rings. The van der Waals surface area contributed by atoms with Crippen LogP contribution < -0.4 is 0 Å². The number of aliphatic imine (C=N–C) groups is 1. The van der Waals surface area contributed by atoms with Gasteiger partial charge in [0.05, 0.1) is 12.0 Å². The van der Waals surface area contributed by atoms with Gasteiger partial charge in [-0.05, 0) is 11.4 Å². The van der Waals surface area contributed by atoms with E-state index in [0.29, 0.717) is 0 Å². The van der Waals surface area contributed by atoms with Crippen LogP contribution in [0.1, 0.15) is 0 Å². The highest BCUT2D eigenvalue weighted by molar-refractivity contribution is 7.08. The van der Waals surface area contributed by atoms with Crippen molar-refractivity contribution in [1.82, 2.24) is 4.90 Å². The lowest BCUT2D eigenvalue weighted by molar-refractivity contribution is 0.643. The molecule has 0 amide bonds. The van der Waals surface area contributed by atoms with E-state index in [1.54, 1.807) is 17.7 Å². The zero-order valence-corrected chi connectivity index (χ0v) is 6.93. The number of nitrogens with zero attached hydrogens (tertiary/aromatic N) is 2. The Morgan fingerprint density at radius 3 is 2.90 bits per heavy atom. The summed E-state index contributed by atoms with van der Waals surface area (Å²) < 4.78 is 0. The molecular formula is C7H10N2S. The van der Waals surface area contributed by atoms with Gasteiger partial charge in [-0.3, -0.25) is 0 Å². The summed E-state index contributed by atoms with van der Waals surface area (Å²) in [7, 11) is 3.91. The second-order valence-corrected chi connectivity index (χ2v) is 2.97. The lowest BCUT2D eigenvalue weighted by Crippen LogP contribution is -2.06. The molecule has 0 radical (unpaired) electrons. The van der Waals surface area contributed by atoms with Crippen molar-refractivity contribution in [2.45, 2.75) is 0 Å². The highest BCUT2D eigenvalue weighted by Crippen LogP contribution is 2.14. The monoisotopic (exact) mass is 154 g/mol. The highest BCUT2D eigenvalue weighted by Gasteiger charge is 1.84. The summed E-state index contributed by atoms with van der Waals surface area (Å²) >= 11 is 1.66. The van der Waals surface area contributed by atoms with Crippen LogP contribution in [-0.2, 0) is 0 Å². The van der Waals surface area contributed by atoms with Crippen molar-refractivity contribution in [2.75, 3.05) is 14.1 Å². The summed E-state index contributed by atoms with van der Waals surface area (Å²) in [4.78, 5) is 6.09. The average Bonchev–Trinajstić information content (AvgIpc) is 2.34. The van der Waals surface area contributed by atoms with Gasteiger partial charge >= 0.3 is 0 Å². The van der Waals surface area contributed by atoms with Crippen LogP contribution in [0.4, 0.5) is 5.69 Å². The molecule has 0 spiro atoms. The van der Waals surface area contributed by atoms with Crippen molar-refractivity contribution in [2.24, 2.45) is 4.99 Å². The van der Waals surface area contributed by atoms with E-state index in [4.69, 9.17) is 0 Å². The Bertz CT molecular complexity index is 201. The molecule has 0 bridgehead atoms. The molecule has 1 rings (SSSR count). The minimum absolute atomic E-state index is 1.03. The zero-order chi connectivity index (χ0) is 7.40. The number of hydrogen-bond donors (Lipinski definition) is 0. The minimum Gasteiger partial charge on any atom is -0.369 e. The molecule has 0 aliphatic carbocycles. The molecule has 0 saturated heterocycles. The molecule has 0 unspecified atom stereocenters. The summed E-state index contributed by atoms with van der Waals surface area (Å²) in [6.45, 7) is 0. The van der Waals surface area contributed by atoms with Crippen LogP contribution in [0.3, 0.4) is 0 Å². The third-order valence-corrected chi connectivity index (χ3v) is 1.61. The summed E-state index contributed by atoms with van der Waals surface area (Å²) in [6, 6.07) is 1.99. The quantitative estimate of drug-likeness (QED) is 0.469. The van der Waals surface area contributed by atoms with Gasteiger partial charge in [-0.25, -0.2) is 4.99 Å². The molecule has 0 fully saturated rings. The zero-order valence-electron chi connectivity index (χ0n) is 6.11. The molecule has 1 heterocycles. The van der Waals surface area contributed by atoms with Gasteiger partial charge in [-0.2, -0.15) is 11.3 Å². The highest BCUT2D eigenvalue weighted by atomic mass is 32.1. The fourth-order valence-electron chi connectivity index (χ4n) is 0.513. The van der Waals surface area contributed by atoms with Crippen LogP contribution in [0.25, 0.3) is 0 Å². The van der Waals surface area contributed by atoms with Crippen molar-refractivity contribution in [3.63, 3.8) is 0 Å². The molecular weight excluding hydrogens is 144 g/mol. The van der Waals surface area contributed by atoms with Gasteiger partial charge in [-0.15, -0.1) is 0 Å². The second-order valence-electron chi connectivity index (χ2n) is 2.19. The molecule has 0 aromatic carbocycles. The van der Waals surface area contributed by atoms with Gasteiger partial charge in [0.1, 0.15) is 0 Å². The van der Waals surface area contributed by atoms with Gasteiger partial charge in [0, 0.05) is 19.5 Å². The lowest BCUT2D eigenvalue weighted by atomic mass is 10.6. The molecule has 1 aromatic heterocycles. The Balaban J connectivity index is 2.55. The molecule has 0 saturated carbocycles. The first kappa shape index (κ1) is 7.28. The summed E-state index contributed by atoms with van der Waals surface area (Å²) in [5.74, 6) is 0. The van der Waals surface area contributed by atoms with Gasteiger partial charge in [0.15, 0.2) is 0 Å². The topological polar surface area (TPSA) is 15.6 Å². The van der Waals surface area contributed by atoms with E-state index in [0.717, 1.165) is 5.69 Å². The lowest BCUT2D eigenvalue weighted by Gasteiger charge is -2.00. The first-order chi connectivity index (χ1) is 4.79. The van der Waals surface area contributed by atoms with Crippen molar-refractivity contribution in [1.29, 1.82) is 0 Å². The van der Waals surface area contributed by atoms with Crippen LogP contribution in [0.15, 0.2) is 21.8 Å². The van der Waals surface area contributed by atoms with E-state index in [-0.39, 0.29) is 0 Å². The van der Waals surface area contributed by atoms with Crippen LogP contribution in [0, 0.1) is 0 Å². The van der Waals surface area contributed by atoms with E-state index >= 15 is 0 Å². The Labute approximate surface area is 64.8 Å². The Kier molecular flexibility index (Phi) is 2.45. The Hall–Kier alpha value is -0.830. The molecule has 0 aliphatic rings. The molecule has 10 heavy (non-hydrogen) atoms. The fourth-order valence-corrected chi connectivity index (χ4v) is 1.09. The predicted molar refractivity (Wildman–Crippen MR) is 46.2 cm³/mol. The van der Waals surface area contributed by atoms with Crippen LogP contribution >= 0.6 is 11.3 Å². The third-order valence-electron chi connectivity index (χ3n) is 0.944. The standard InChI is InChI=1S/C7H10N2S/c1-9(2)6-8-7-3-4-10-5-7/h3-6H,1-2H3. The van der Waals surface area contributed by atoms with E-state index in [2.05, 4.69) is 4.99 Å². The number of hydrogen-bond acceptors (Lipinski definition) is 2. The first-order valence-corrected chi connectivity index (χ1v) is 3.96. The Morgan fingerprint density at radius 1 is 1.60 bits per heavy atom. The van der Waals surface area contributed by atoms with E-state index in [1.807, 2.05) is 35.8 Å². The van der Waals surface area contributed by atoms with Gasteiger partial charge < -0.3 is 4.90 Å². The number of thiophene rings is 1. The van der Waals surface area contributed by atoms with E-state index in [1.165, 1.54) is 0 Å². The number of rotatable bonds is 2. The van der Waals surface area contributed by atoms with Gasteiger partial charge in [0.2, 0.25) is 0 Å². The summed E-state index contributed by atoms with van der Waals surface area (Å²) in [6.07, 6.45) is 1.79. The summed E-state index contributed by atoms with van der Waals surface area (Å²) in [5, 5.41) is 4.03. The molecule has 0 N–H and O–H groups in total. The first-order valence-electron chi connectivity index (χ1n) is 3.02.